The van der Waals surface area contributed by atoms with Crippen LogP contribution in [0.3, 0.4) is 0 Å². The minimum Gasteiger partial charge on any atom is -0.465 e. The number of carbonyl (C=O) groups is 3. The van der Waals surface area contributed by atoms with E-state index < -0.39 is 5.60 Å². The lowest BCUT2D eigenvalue weighted by Gasteiger charge is -2.57. The zero-order chi connectivity index (χ0) is 20.5. The van der Waals surface area contributed by atoms with E-state index in [-0.39, 0.29) is 23.5 Å². The molecule has 2 amide bonds. The predicted octanol–water partition coefficient (Wildman–Crippen LogP) is 2.98. The first-order valence-electron chi connectivity index (χ1n) is 9.59. The molecule has 0 aromatic heterocycles. The molecule has 3 rings (SSSR count). The Bertz CT molecular complexity index is 760. The lowest BCUT2D eigenvalue weighted by atomic mass is 9.79. The number of carbonyl (C=O) groups excluding carboxylic acids is 3. The molecular formula is C21H28N2O5. The van der Waals surface area contributed by atoms with E-state index in [0.29, 0.717) is 31.6 Å². The Morgan fingerprint density at radius 2 is 1.79 bits per heavy atom. The number of amides is 2. The second-order valence-corrected chi connectivity index (χ2v) is 8.58. The van der Waals surface area contributed by atoms with Crippen molar-refractivity contribution in [2.24, 2.45) is 0 Å². The van der Waals surface area contributed by atoms with Crippen LogP contribution in [0.25, 0.3) is 0 Å². The zero-order valence-corrected chi connectivity index (χ0v) is 17.0. The Labute approximate surface area is 165 Å². The molecular weight excluding hydrogens is 360 g/mol. The standard InChI is InChI=1S/C21H28N2O5/c1-20(2,3)28-19(26)22-13-21(14-22)11-5-6-17(24)23(21)12-15-7-9-16(10-8-15)18(25)27-4/h7-10H,5-6,11-14H2,1-4H3. The smallest absolute Gasteiger partial charge is 0.410 e. The molecule has 1 aromatic carbocycles. The summed E-state index contributed by atoms with van der Waals surface area (Å²) in [6.07, 6.45) is 1.89. The zero-order valence-electron chi connectivity index (χ0n) is 17.0. The van der Waals surface area contributed by atoms with Crippen molar-refractivity contribution in [2.45, 2.75) is 57.7 Å². The van der Waals surface area contributed by atoms with Gasteiger partial charge in [-0.3, -0.25) is 4.79 Å². The van der Waals surface area contributed by atoms with Gasteiger partial charge in [0.25, 0.3) is 0 Å². The van der Waals surface area contributed by atoms with Gasteiger partial charge in [0.2, 0.25) is 5.91 Å². The molecule has 7 heteroatoms. The molecule has 1 aromatic rings. The van der Waals surface area contributed by atoms with Gasteiger partial charge in [0.1, 0.15) is 5.60 Å². The topological polar surface area (TPSA) is 76.2 Å². The molecule has 0 aliphatic carbocycles. The van der Waals surface area contributed by atoms with Crippen molar-refractivity contribution in [2.75, 3.05) is 20.2 Å². The Morgan fingerprint density at radius 3 is 2.36 bits per heavy atom. The van der Waals surface area contributed by atoms with Crippen LogP contribution < -0.4 is 0 Å². The van der Waals surface area contributed by atoms with Gasteiger partial charge in [-0.25, -0.2) is 9.59 Å². The molecule has 2 heterocycles. The van der Waals surface area contributed by atoms with Crippen molar-refractivity contribution in [3.8, 4) is 0 Å². The van der Waals surface area contributed by atoms with Crippen molar-refractivity contribution in [3.05, 3.63) is 35.4 Å². The molecule has 0 radical (unpaired) electrons. The minimum atomic E-state index is -0.538. The van der Waals surface area contributed by atoms with Crippen LogP contribution in [0.1, 0.15) is 56.0 Å². The highest BCUT2D eigenvalue weighted by molar-refractivity contribution is 5.89. The molecule has 0 bridgehead atoms. The van der Waals surface area contributed by atoms with Gasteiger partial charge in [0.15, 0.2) is 0 Å². The Balaban J connectivity index is 1.70. The van der Waals surface area contributed by atoms with Crippen molar-refractivity contribution < 1.29 is 23.9 Å². The summed E-state index contributed by atoms with van der Waals surface area (Å²) in [4.78, 5) is 40.1. The van der Waals surface area contributed by atoms with Crippen LogP contribution in [-0.2, 0) is 20.8 Å². The Hall–Kier alpha value is -2.57. The highest BCUT2D eigenvalue weighted by Gasteiger charge is 2.53. The summed E-state index contributed by atoms with van der Waals surface area (Å²) in [5.74, 6) is -0.281. The Morgan fingerprint density at radius 1 is 1.14 bits per heavy atom. The second-order valence-electron chi connectivity index (χ2n) is 8.58. The number of rotatable bonds is 3. The van der Waals surface area contributed by atoms with Crippen molar-refractivity contribution in [3.63, 3.8) is 0 Å². The number of esters is 1. The molecule has 1 spiro atoms. The summed E-state index contributed by atoms with van der Waals surface area (Å²) in [6.45, 7) is 6.98. The maximum Gasteiger partial charge on any atom is 0.410 e. The average Bonchev–Trinajstić information content (AvgIpc) is 2.60. The van der Waals surface area contributed by atoms with Crippen LogP contribution in [0, 0.1) is 0 Å². The highest BCUT2D eigenvalue weighted by Crippen LogP contribution is 2.38. The van der Waals surface area contributed by atoms with E-state index in [2.05, 4.69) is 0 Å². The third kappa shape index (κ3) is 4.13. The molecule has 0 saturated carbocycles. The van der Waals surface area contributed by atoms with Crippen LogP contribution in [0.2, 0.25) is 0 Å². The maximum atomic E-state index is 12.7. The molecule has 28 heavy (non-hydrogen) atoms. The first kappa shape index (κ1) is 20.2. The number of nitrogens with zero attached hydrogens (tertiary/aromatic N) is 2. The first-order valence-corrected chi connectivity index (χ1v) is 9.59. The van der Waals surface area contributed by atoms with E-state index in [9.17, 15) is 14.4 Å². The third-order valence-corrected chi connectivity index (χ3v) is 5.24. The number of hydrogen-bond acceptors (Lipinski definition) is 5. The van der Waals surface area contributed by atoms with E-state index in [1.54, 1.807) is 17.0 Å². The van der Waals surface area contributed by atoms with Gasteiger partial charge < -0.3 is 19.3 Å². The molecule has 0 N–H and O–H groups in total. The lowest BCUT2D eigenvalue weighted by Crippen LogP contribution is -2.73. The minimum absolute atomic E-state index is 0.104. The van der Waals surface area contributed by atoms with Crippen LogP contribution in [0.4, 0.5) is 4.79 Å². The predicted molar refractivity (Wildman–Crippen MR) is 103 cm³/mol. The van der Waals surface area contributed by atoms with E-state index in [0.717, 1.165) is 18.4 Å². The summed E-state index contributed by atoms with van der Waals surface area (Å²) >= 11 is 0. The van der Waals surface area contributed by atoms with Gasteiger partial charge >= 0.3 is 12.1 Å². The monoisotopic (exact) mass is 388 g/mol. The summed E-state index contributed by atoms with van der Waals surface area (Å²) in [6, 6.07) is 7.09. The molecule has 152 valence electrons. The van der Waals surface area contributed by atoms with Crippen molar-refractivity contribution in [1.82, 2.24) is 9.80 Å². The fourth-order valence-corrected chi connectivity index (χ4v) is 3.85. The van der Waals surface area contributed by atoms with E-state index in [1.165, 1.54) is 7.11 Å². The lowest BCUT2D eigenvalue weighted by molar-refractivity contribution is -0.154. The number of hydrogen-bond donors (Lipinski definition) is 0. The molecule has 0 atom stereocenters. The third-order valence-electron chi connectivity index (χ3n) is 5.24. The molecule has 0 unspecified atom stereocenters. The summed E-state index contributed by atoms with van der Waals surface area (Å²) < 4.78 is 10.2. The van der Waals surface area contributed by atoms with Crippen molar-refractivity contribution >= 4 is 18.0 Å². The summed E-state index contributed by atoms with van der Waals surface area (Å²) in [5, 5.41) is 0. The van der Waals surface area contributed by atoms with Crippen LogP contribution in [0.5, 0.6) is 0 Å². The fraction of sp³-hybridized carbons (Fsp3) is 0.571. The number of ether oxygens (including phenoxy) is 2. The molecule has 2 aliphatic heterocycles. The molecule has 7 nitrogen and oxygen atoms in total. The Kier molecular flexibility index (Phi) is 5.37. The van der Waals surface area contributed by atoms with Gasteiger partial charge in [0.05, 0.1) is 18.2 Å². The first-order chi connectivity index (χ1) is 13.1. The fourth-order valence-electron chi connectivity index (χ4n) is 3.85. The summed E-state index contributed by atoms with van der Waals surface area (Å²) in [5.41, 5.74) is 0.556. The summed E-state index contributed by atoms with van der Waals surface area (Å²) in [7, 11) is 1.35. The number of piperidine rings is 1. The molecule has 2 saturated heterocycles. The molecule has 2 fully saturated rings. The SMILES string of the molecule is COC(=O)c1ccc(CN2C(=O)CCCC23CN(C(=O)OC(C)(C)C)C3)cc1. The van der Waals surface area contributed by atoms with Gasteiger partial charge in [-0.1, -0.05) is 12.1 Å². The quantitative estimate of drug-likeness (QED) is 0.744. The van der Waals surface area contributed by atoms with Gasteiger partial charge in [-0.15, -0.1) is 0 Å². The van der Waals surface area contributed by atoms with Crippen molar-refractivity contribution in [1.29, 1.82) is 0 Å². The number of benzene rings is 1. The second kappa shape index (κ2) is 7.45. The maximum absolute atomic E-state index is 12.7. The number of methoxy groups -OCH3 is 1. The van der Waals surface area contributed by atoms with E-state index >= 15 is 0 Å². The van der Waals surface area contributed by atoms with Crippen LogP contribution >= 0.6 is 0 Å². The normalized spacial score (nSPS) is 18.6. The number of likely N-dealkylation sites (tertiary alicyclic amines) is 2. The van der Waals surface area contributed by atoms with Gasteiger partial charge in [-0.05, 0) is 51.3 Å². The van der Waals surface area contributed by atoms with E-state index in [4.69, 9.17) is 9.47 Å². The average molecular weight is 388 g/mol. The van der Waals surface area contributed by atoms with Gasteiger partial charge in [-0.2, -0.15) is 0 Å². The van der Waals surface area contributed by atoms with E-state index in [1.807, 2.05) is 37.8 Å². The van der Waals surface area contributed by atoms with Crippen LogP contribution in [-0.4, -0.2) is 59.1 Å². The largest absolute Gasteiger partial charge is 0.465 e. The molecule has 2 aliphatic rings. The van der Waals surface area contributed by atoms with Crippen LogP contribution in [0.15, 0.2) is 24.3 Å². The van der Waals surface area contributed by atoms with Gasteiger partial charge in [0, 0.05) is 26.1 Å². The highest BCUT2D eigenvalue weighted by atomic mass is 16.6.